The lowest BCUT2D eigenvalue weighted by Crippen LogP contribution is -2.55. The Hall–Kier alpha value is -1.66. The highest BCUT2D eigenvalue weighted by Gasteiger charge is 2.46. The van der Waals surface area contributed by atoms with Crippen LogP contribution in [0, 0.1) is 11.3 Å². The van der Waals surface area contributed by atoms with Crippen molar-refractivity contribution >= 4 is 6.09 Å². The lowest BCUT2D eigenvalue weighted by molar-refractivity contribution is -0.00430. The number of carbonyl (C=O) groups is 1. The number of piperidine rings is 2. The minimum Gasteiger partial charge on any atom is -0.445 e. The van der Waals surface area contributed by atoms with Gasteiger partial charge in [0.15, 0.2) is 0 Å². The van der Waals surface area contributed by atoms with E-state index >= 15 is 0 Å². The number of carbonyl (C=O) groups excluding carboxylic acids is 1. The van der Waals surface area contributed by atoms with E-state index in [9.17, 15) is 9.18 Å². The van der Waals surface area contributed by atoms with E-state index in [0.29, 0.717) is 18.6 Å². The van der Waals surface area contributed by atoms with Crippen molar-refractivity contribution in [3.8, 4) is 0 Å². The number of rotatable bonds is 5. The quantitative estimate of drug-likeness (QED) is 0.813. The first-order valence-electron chi connectivity index (χ1n) is 10.7. The second-order valence-corrected chi connectivity index (χ2v) is 8.88. The van der Waals surface area contributed by atoms with Crippen molar-refractivity contribution in [3.05, 3.63) is 35.9 Å². The maximum absolute atomic E-state index is 14.0. The third-order valence-electron chi connectivity index (χ3n) is 6.85. The minimum absolute atomic E-state index is 0.186. The molecule has 154 valence electrons. The van der Waals surface area contributed by atoms with Crippen molar-refractivity contribution in [3.63, 3.8) is 0 Å². The standard InChI is InChI=1S/C22H32FN3O2/c23-20-14-24-9-6-18(20)15-26-10-7-22(8-11-26)12-19(13-22)25-21(27)28-16-17-4-2-1-3-5-17/h1-5,18-20,24H,6-16H2,(H,25,27)/t18-,20-/m0/s1. The zero-order valence-corrected chi connectivity index (χ0v) is 16.5. The summed E-state index contributed by atoms with van der Waals surface area (Å²) in [5.74, 6) is 0.186. The average Bonchev–Trinajstić information content (AvgIpc) is 2.69. The highest BCUT2D eigenvalue weighted by atomic mass is 19.1. The van der Waals surface area contributed by atoms with Crippen molar-refractivity contribution in [2.24, 2.45) is 11.3 Å². The van der Waals surface area contributed by atoms with E-state index in [4.69, 9.17) is 4.74 Å². The summed E-state index contributed by atoms with van der Waals surface area (Å²) in [5, 5.41) is 6.14. The number of nitrogens with zero attached hydrogens (tertiary/aromatic N) is 1. The predicted octanol–water partition coefficient (Wildman–Crippen LogP) is 3.11. The summed E-state index contributed by atoms with van der Waals surface area (Å²) in [6, 6.07) is 9.97. The maximum atomic E-state index is 14.0. The lowest BCUT2D eigenvalue weighted by atomic mass is 9.60. The molecule has 0 bridgehead atoms. The minimum atomic E-state index is -0.705. The summed E-state index contributed by atoms with van der Waals surface area (Å²) in [4.78, 5) is 14.5. The van der Waals surface area contributed by atoms with Gasteiger partial charge in [-0.25, -0.2) is 9.18 Å². The van der Waals surface area contributed by atoms with Gasteiger partial charge < -0.3 is 20.3 Å². The zero-order valence-electron chi connectivity index (χ0n) is 16.5. The molecule has 3 aliphatic rings. The van der Waals surface area contributed by atoms with E-state index in [1.165, 1.54) is 0 Å². The van der Waals surface area contributed by atoms with Crippen LogP contribution in [0.5, 0.6) is 0 Å². The first-order chi connectivity index (χ1) is 13.6. The number of amides is 1. The number of benzene rings is 1. The first-order valence-corrected chi connectivity index (χ1v) is 10.7. The van der Waals surface area contributed by atoms with Gasteiger partial charge in [0, 0.05) is 25.0 Å². The fourth-order valence-electron chi connectivity index (χ4n) is 5.05. The molecule has 28 heavy (non-hydrogen) atoms. The number of hydrogen-bond acceptors (Lipinski definition) is 4. The molecule has 1 aliphatic carbocycles. The molecule has 2 heterocycles. The molecule has 1 aromatic carbocycles. The molecule has 2 N–H and O–H groups in total. The van der Waals surface area contributed by atoms with Gasteiger partial charge in [0.05, 0.1) is 0 Å². The number of ether oxygens (including phenoxy) is 1. The topological polar surface area (TPSA) is 53.6 Å². The van der Waals surface area contributed by atoms with Crippen LogP contribution in [-0.2, 0) is 11.3 Å². The summed E-state index contributed by atoms with van der Waals surface area (Å²) in [7, 11) is 0. The number of hydrogen-bond donors (Lipinski definition) is 2. The Balaban J connectivity index is 1.14. The van der Waals surface area contributed by atoms with E-state index < -0.39 is 6.17 Å². The molecule has 2 atom stereocenters. The molecule has 4 rings (SSSR count). The Labute approximate surface area is 167 Å². The molecular formula is C22H32FN3O2. The first kappa shape index (κ1) is 19.6. The molecule has 6 heteroatoms. The van der Waals surface area contributed by atoms with Gasteiger partial charge in [0.1, 0.15) is 12.8 Å². The molecule has 1 saturated carbocycles. The molecule has 0 unspecified atom stereocenters. The van der Waals surface area contributed by atoms with Crippen molar-refractivity contribution < 1.29 is 13.9 Å². The fourth-order valence-corrected chi connectivity index (χ4v) is 5.05. The summed E-state index contributed by atoms with van der Waals surface area (Å²) < 4.78 is 19.4. The number of alkyl halides is 1. The monoisotopic (exact) mass is 389 g/mol. The van der Waals surface area contributed by atoms with Crippen LogP contribution in [-0.4, -0.2) is 55.9 Å². The van der Waals surface area contributed by atoms with Crippen LogP contribution in [0.4, 0.5) is 9.18 Å². The number of nitrogens with one attached hydrogen (secondary N) is 2. The normalized spacial score (nSPS) is 27.9. The highest BCUT2D eigenvalue weighted by molar-refractivity contribution is 5.67. The lowest BCUT2D eigenvalue weighted by Gasteiger charge is -2.52. The molecular weight excluding hydrogens is 357 g/mol. The molecule has 1 amide bonds. The second kappa shape index (κ2) is 8.78. The molecule has 5 nitrogen and oxygen atoms in total. The summed E-state index contributed by atoms with van der Waals surface area (Å²) in [6.07, 6.45) is 4.32. The van der Waals surface area contributed by atoms with E-state index in [1.807, 2.05) is 30.3 Å². The summed E-state index contributed by atoms with van der Waals surface area (Å²) in [6.45, 7) is 4.77. The molecule has 2 saturated heterocycles. The number of alkyl carbamates (subject to hydrolysis) is 1. The number of likely N-dealkylation sites (tertiary alicyclic amines) is 1. The molecule has 2 aliphatic heterocycles. The Morgan fingerprint density at radius 2 is 2.00 bits per heavy atom. The van der Waals surface area contributed by atoms with Crippen LogP contribution in [0.15, 0.2) is 30.3 Å². The van der Waals surface area contributed by atoms with Gasteiger partial charge in [-0.15, -0.1) is 0 Å². The zero-order chi connectivity index (χ0) is 19.4. The highest BCUT2D eigenvalue weighted by Crippen LogP contribution is 2.49. The maximum Gasteiger partial charge on any atom is 0.407 e. The van der Waals surface area contributed by atoms with Crippen LogP contribution in [0.1, 0.15) is 37.7 Å². The van der Waals surface area contributed by atoms with Gasteiger partial charge in [-0.2, -0.15) is 0 Å². The SMILES string of the molecule is O=C(NC1CC2(CCN(C[C@@H]3CCNC[C@@H]3F)CC2)C1)OCc1ccccc1. The van der Waals surface area contributed by atoms with E-state index in [2.05, 4.69) is 15.5 Å². The van der Waals surface area contributed by atoms with Crippen LogP contribution < -0.4 is 10.6 Å². The average molecular weight is 390 g/mol. The van der Waals surface area contributed by atoms with Gasteiger partial charge >= 0.3 is 6.09 Å². The van der Waals surface area contributed by atoms with Crippen molar-refractivity contribution in [1.82, 2.24) is 15.5 Å². The second-order valence-electron chi connectivity index (χ2n) is 8.88. The van der Waals surface area contributed by atoms with E-state index in [-0.39, 0.29) is 18.1 Å². The van der Waals surface area contributed by atoms with Crippen molar-refractivity contribution in [2.75, 3.05) is 32.7 Å². The number of halogens is 1. The van der Waals surface area contributed by atoms with Crippen molar-refractivity contribution in [2.45, 2.75) is 50.9 Å². The Morgan fingerprint density at radius 1 is 1.25 bits per heavy atom. The van der Waals surface area contributed by atoms with Gasteiger partial charge in [0.25, 0.3) is 0 Å². The Morgan fingerprint density at radius 3 is 2.71 bits per heavy atom. The van der Waals surface area contributed by atoms with Gasteiger partial charge in [-0.1, -0.05) is 30.3 Å². The predicted molar refractivity (Wildman–Crippen MR) is 107 cm³/mol. The molecule has 0 radical (unpaired) electrons. The summed E-state index contributed by atoms with van der Waals surface area (Å²) in [5.41, 5.74) is 1.37. The largest absolute Gasteiger partial charge is 0.445 e. The van der Waals surface area contributed by atoms with E-state index in [1.54, 1.807) is 0 Å². The van der Waals surface area contributed by atoms with Crippen LogP contribution in [0.3, 0.4) is 0 Å². The van der Waals surface area contributed by atoms with Crippen molar-refractivity contribution in [1.29, 1.82) is 0 Å². The van der Waals surface area contributed by atoms with Crippen LogP contribution in [0.2, 0.25) is 0 Å². The molecule has 1 aromatic rings. The van der Waals surface area contributed by atoms with Crippen LogP contribution >= 0.6 is 0 Å². The van der Waals surface area contributed by atoms with Gasteiger partial charge in [0.2, 0.25) is 0 Å². The van der Waals surface area contributed by atoms with E-state index in [0.717, 1.165) is 63.8 Å². The van der Waals surface area contributed by atoms with Gasteiger partial charge in [-0.05, 0) is 62.7 Å². The Kier molecular flexibility index (Phi) is 6.16. The Bertz CT molecular complexity index is 640. The third kappa shape index (κ3) is 4.84. The fraction of sp³-hybridized carbons (Fsp3) is 0.682. The smallest absolute Gasteiger partial charge is 0.407 e. The third-order valence-corrected chi connectivity index (χ3v) is 6.85. The summed E-state index contributed by atoms with van der Waals surface area (Å²) >= 11 is 0. The molecule has 0 aromatic heterocycles. The van der Waals surface area contributed by atoms with Crippen LogP contribution in [0.25, 0.3) is 0 Å². The van der Waals surface area contributed by atoms with Gasteiger partial charge in [-0.3, -0.25) is 0 Å². The molecule has 1 spiro atoms. The molecule has 3 fully saturated rings.